The molecule has 0 bridgehead atoms. The Morgan fingerprint density at radius 2 is 1.41 bits per heavy atom. The molecule has 2 aromatic rings. The first-order valence-electron chi connectivity index (χ1n) is 8.16. The highest BCUT2D eigenvalue weighted by molar-refractivity contribution is 7.39. The number of hydrogen-bond acceptors (Lipinski definition) is 8. The maximum atomic E-state index is 10.2. The molecule has 0 heterocycles. The van der Waals surface area contributed by atoms with Crippen molar-refractivity contribution in [2.75, 3.05) is 19.8 Å². The van der Waals surface area contributed by atoms with Gasteiger partial charge in [0.15, 0.2) is 0 Å². The SMILES string of the molecule is OCC(COP(O)O)(COP(O)O)C(Oc1cccc(Cl)c1)c1cccc(Cl)c1. The van der Waals surface area contributed by atoms with Crippen molar-refractivity contribution in [1.29, 1.82) is 0 Å². The van der Waals surface area contributed by atoms with Crippen molar-refractivity contribution in [3.05, 3.63) is 64.1 Å². The lowest BCUT2D eigenvalue weighted by molar-refractivity contribution is -0.0653. The molecule has 0 aromatic heterocycles. The Morgan fingerprint density at radius 1 is 0.862 bits per heavy atom. The molecule has 0 spiro atoms. The highest BCUT2D eigenvalue weighted by Crippen LogP contribution is 2.44. The lowest BCUT2D eigenvalue weighted by Gasteiger charge is -2.39. The Morgan fingerprint density at radius 3 is 1.90 bits per heavy atom. The van der Waals surface area contributed by atoms with E-state index in [9.17, 15) is 24.7 Å². The van der Waals surface area contributed by atoms with Gasteiger partial charge in [-0.05, 0) is 35.9 Å². The van der Waals surface area contributed by atoms with Gasteiger partial charge in [-0.1, -0.05) is 41.4 Å². The van der Waals surface area contributed by atoms with E-state index >= 15 is 0 Å². The van der Waals surface area contributed by atoms with Gasteiger partial charge < -0.3 is 38.5 Å². The predicted molar refractivity (Wildman–Crippen MR) is 110 cm³/mol. The Bertz CT molecular complexity index is 769. The third-order valence-corrected chi connectivity index (χ3v) is 5.20. The number of benzene rings is 2. The smallest absolute Gasteiger partial charge is 0.327 e. The zero-order chi connectivity index (χ0) is 21.4. The highest BCUT2D eigenvalue weighted by Gasteiger charge is 2.44. The summed E-state index contributed by atoms with van der Waals surface area (Å²) in [6.45, 7) is -1.47. The first-order chi connectivity index (χ1) is 13.8. The maximum absolute atomic E-state index is 10.2. The normalized spacial score (nSPS) is 13.1. The second-order valence-corrected chi connectivity index (χ2v) is 8.48. The molecule has 0 aliphatic carbocycles. The summed E-state index contributed by atoms with van der Waals surface area (Å²) in [6.07, 6.45) is -0.991. The van der Waals surface area contributed by atoms with Crippen LogP contribution in [0.4, 0.5) is 0 Å². The Kier molecular flexibility index (Phi) is 9.95. The largest absolute Gasteiger partial charge is 0.485 e. The first-order valence-corrected chi connectivity index (χ1v) is 11.2. The molecule has 0 aliphatic rings. The predicted octanol–water partition coefficient (Wildman–Crippen LogP) is 3.55. The second kappa shape index (κ2) is 11.7. The van der Waals surface area contributed by atoms with E-state index < -0.39 is 48.5 Å². The minimum atomic E-state index is -2.75. The molecule has 160 valence electrons. The molecule has 2 aromatic carbocycles. The molecule has 8 nitrogen and oxygen atoms in total. The van der Waals surface area contributed by atoms with E-state index in [0.29, 0.717) is 21.4 Å². The molecule has 0 amide bonds. The van der Waals surface area contributed by atoms with E-state index in [1.165, 1.54) is 0 Å². The fraction of sp³-hybridized carbons (Fsp3) is 0.294. The number of ether oxygens (including phenoxy) is 1. The van der Waals surface area contributed by atoms with Crippen molar-refractivity contribution in [3.8, 4) is 5.75 Å². The number of hydrogen-bond donors (Lipinski definition) is 5. The van der Waals surface area contributed by atoms with Gasteiger partial charge in [-0.15, -0.1) is 0 Å². The van der Waals surface area contributed by atoms with Crippen molar-refractivity contribution in [2.45, 2.75) is 6.10 Å². The number of rotatable bonds is 11. The van der Waals surface area contributed by atoms with Crippen LogP contribution in [0.5, 0.6) is 5.75 Å². The third-order valence-electron chi connectivity index (χ3n) is 4.01. The van der Waals surface area contributed by atoms with Crippen LogP contribution in [0.15, 0.2) is 48.5 Å². The maximum Gasteiger partial charge on any atom is 0.327 e. The van der Waals surface area contributed by atoms with Crippen molar-refractivity contribution >= 4 is 40.4 Å². The summed E-state index contributed by atoms with van der Waals surface area (Å²) >= 11 is 12.1. The van der Waals surface area contributed by atoms with E-state index in [4.69, 9.17) is 37.0 Å². The minimum Gasteiger partial charge on any atom is -0.485 e. The van der Waals surface area contributed by atoms with E-state index in [1.54, 1.807) is 48.5 Å². The lowest BCUT2D eigenvalue weighted by Crippen LogP contribution is -2.43. The quantitative estimate of drug-likeness (QED) is 0.306. The zero-order valence-corrected chi connectivity index (χ0v) is 18.2. The summed E-state index contributed by atoms with van der Waals surface area (Å²) in [5.41, 5.74) is -0.940. The summed E-state index contributed by atoms with van der Waals surface area (Å²) in [7, 11) is -5.50. The molecule has 0 fully saturated rings. The molecule has 1 unspecified atom stereocenters. The summed E-state index contributed by atoms with van der Waals surface area (Å²) in [5.74, 6) is 0.353. The van der Waals surface area contributed by atoms with Gasteiger partial charge in [-0.25, -0.2) is 0 Å². The summed E-state index contributed by atoms with van der Waals surface area (Å²) in [6, 6.07) is 13.1. The van der Waals surface area contributed by atoms with E-state index in [0.717, 1.165) is 0 Å². The fourth-order valence-electron chi connectivity index (χ4n) is 2.63. The van der Waals surface area contributed by atoms with Crippen LogP contribution in [0.3, 0.4) is 0 Å². The average Bonchev–Trinajstić information content (AvgIpc) is 2.67. The molecular weight excluding hydrogens is 465 g/mol. The van der Waals surface area contributed by atoms with Gasteiger partial charge in [0.2, 0.25) is 0 Å². The molecule has 29 heavy (non-hydrogen) atoms. The van der Waals surface area contributed by atoms with Crippen LogP contribution in [-0.4, -0.2) is 44.5 Å². The molecule has 5 N–H and O–H groups in total. The van der Waals surface area contributed by atoms with Crippen LogP contribution >= 0.6 is 40.4 Å². The standard InChI is InChI=1S/C17H20Cl2O8P2/c18-13-4-1-3-12(7-13)16(27-15-6-2-5-14(19)8-15)17(9-20,10-25-28(21)22)11-26-29(23)24/h1-8,16,20-24H,9-11H2. The fourth-order valence-corrected chi connectivity index (χ4v) is 3.76. The Hall–Kier alpha value is -0.600. The number of aliphatic hydroxyl groups excluding tert-OH is 1. The van der Waals surface area contributed by atoms with Crippen LogP contribution in [-0.2, 0) is 9.05 Å². The Balaban J connectivity index is 2.51. The van der Waals surface area contributed by atoms with Crippen molar-refractivity contribution in [1.82, 2.24) is 0 Å². The van der Waals surface area contributed by atoms with Gasteiger partial charge in [-0.2, -0.15) is 0 Å². The van der Waals surface area contributed by atoms with Gasteiger partial charge in [0.05, 0.1) is 25.2 Å². The van der Waals surface area contributed by atoms with E-state index in [-0.39, 0.29) is 0 Å². The van der Waals surface area contributed by atoms with Crippen molar-refractivity contribution < 1.29 is 38.5 Å². The monoisotopic (exact) mass is 484 g/mol. The van der Waals surface area contributed by atoms with Crippen LogP contribution in [0.1, 0.15) is 11.7 Å². The zero-order valence-electron chi connectivity index (χ0n) is 14.9. The van der Waals surface area contributed by atoms with Gasteiger partial charge >= 0.3 is 17.2 Å². The molecule has 0 radical (unpaired) electrons. The van der Waals surface area contributed by atoms with Crippen LogP contribution in [0.2, 0.25) is 10.0 Å². The topological polar surface area (TPSA) is 129 Å². The van der Waals surface area contributed by atoms with Gasteiger partial charge in [0.1, 0.15) is 11.9 Å². The molecule has 2 rings (SSSR count). The lowest BCUT2D eigenvalue weighted by atomic mass is 9.80. The summed E-state index contributed by atoms with van der Waals surface area (Å²) in [5, 5.41) is 11.0. The summed E-state index contributed by atoms with van der Waals surface area (Å²) in [4.78, 5) is 36.9. The van der Waals surface area contributed by atoms with E-state index in [2.05, 4.69) is 0 Å². The van der Waals surface area contributed by atoms with Crippen molar-refractivity contribution in [2.24, 2.45) is 5.41 Å². The third kappa shape index (κ3) is 7.55. The number of aliphatic hydroxyl groups is 1. The minimum absolute atomic E-state index is 0.353. The van der Waals surface area contributed by atoms with Crippen LogP contribution < -0.4 is 4.74 Å². The van der Waals surface area contributed by atoms with Gasteiger partial charge in [0.25, 0.3) is 0 Å². The van der Waals surface area contributed by atoms with Crippen LogP contribution in [0.25, 0.3) is 0 Å². The number of halogens is 2. The van der Waals surface area contributed by atoms with Crippen LogP contribution in [0, 0.1) is 5.41 Å². The molecule has 0 aliphatic heterocycles. The van der Waals surface area contributed by atoms with Crippen molar-refractivity contribution in [3.63, 3.8) is 0 Å². The average molecular weight is 485 g/mol. The second-order valence-electron chi connectivity index (χ2n) is 6.08. The van der Waals surface area contributed by atoms with Gasteiger partial charge in [-0.3, -0.25) is 0 Å². The Labute approximate surface area is 180 Å². The molecule has 1 atom stereocenters. The molecular formula is C17H20Cl2O8P2. The molecule has 12 heteroatoms. The molecule has 0 saturated heterocycles. The van der Waals surface area contributed by atoms with E-state index in [1.807, 2.05) is 0 Å². The first kappa shape index (κ1) is 24.7. The molecule has 0 saturated carbocycles. The summed E-state index contributed by atoms with van der Waals surface area (Å²) < 4.78 is 16.0. The highest BCUT2D eigenvalue weighted by atomic mass is 35.5. The van der Waals surface area contributed by atoms with Gasteiger partial charge in [0, 0.05) is 10.0 Å².